The predicted molar refractivity (Wildman–Crippen MR) is 132 cm³/mol. The van der Waals surface area contributed by atoms with E-state index in [2.05, 4.69) is 20.0 Å². The molecule has 13 heteroatoms. The van der Waals surface area contributed by atoms with Gasteiger partial charge in [-0.1, -0.05) is 0 Å². The van der Waals surface area contributed by atoms with Gasteiger partial charge >= 0.3 is 0 Å². The molecule has 0 spiro atoms. The zero-order valence-corrected chi connectivity index (χ0v) is 20.0. The van der Waals surface area contributed by atoms with E-state index in [0.29, 0.717) is 28.9 Å². The van der Waals surface area contributed by atoms with Gasteiger partial charge < -0.3 is 4.90 Å². The van der Waals surface area contributed by atoms with Crippen LogP contribution in [0.1, 0.15) is 23.6 Å². The monoisotopic (exact) mass is 504 g/mol. The third kappa shape index (κ3) is 4.98. The topological polar surface area (TPSA) is 159 Å². The first-order chi connectivity index (χ1) is 17.2. The van der Waals surface area contributed by atoms with E-state index < -0.39 is 14.9 Å². The Morgan fingerprint density at radius 2 is 2.00 bits per heavy atom. The molecule has 36 heavy (non-hydrogen) atoms. The number of rotatable bonds is 8. The fourth-order valence-electron chi connectivity index (χ4n) is 3.56. The summed E-state index contributed by atoms with van der Waals surface area (Å²) in [5, 5.41) is 28.7. The van der Waals surface area contributed by atoms with Crippen molar-refractivity contribution in [2.24, 2.45) is 5.10 Å². The van der Waals surface area contributed by atoms with Crippen molar-refractivity contribution in [2.75, 3.05) is 11.9 Å². The Bertz CT molecular complexity index is 1630. The summed E-state index contributed by atoms with van der Waals surface area (Å²) in [4.78, 5) is 18.2. The number of benzene rings is 1. The highest BCUT2D eigenvalue weighted by Gasteiger charge is 2.24. The summed E-state index contributed by atoms with van der Waals surface area (Å²) in [6.45, 7) is 1.93. The Morgan fingerprint density at radius 3 is 2.69 bits per heavy atom. The largest absolute Gasteiger partial charge is 0.369 e. The second-order valence-electron chi connectivity index (χ2n) is 7.83. The number of nitrogens with one attached hydrogen (secondary N) is 1. The highest BCUT2D eigenvalue weighted by atomic mass is 32.2. The van der Waals surface area contributed by atoms with Crippen molar-refractivity contribution in [3.05, 3.63) is 94.1 Å². The molecular weight excluding hydrogens is 484 g/mol. The molecule has 1 N–H and O–H groups in total. The van der Waals surface area contributed by atoms with Gasteiger partial charge in [-0.15, -0.1) is 0 Å². The molecule has 3 aromatic heterocycles. The zero-order valence-electron chi connectivity index (χ0n) is 19.2. The third-order valence-electron chi connectivity index (χ3n) is 5.40. The minimum Gasteiger partial charge on any atom is -0.369 e. The first-order valence-electron chi connectivity index (χ1n) is 10.5. The molecule has 0 saturated carbocycles. The van der Waals surface area contributed by atoms with Crippen molar-refractivity contribution in [2.45, 2.75) is 18.4 Å². The highest BCUT2D eigenvalue weighted by Crippen LogP contribution is 2.30. The third-order valence-corrected chi connectivity index (χ3v) is 6.64. The van der Waals surface area contributed by atoms with Crippen molar-refractivity contribution in [3.8, 4) is 6.07 Å². The van der Waals surface area contributed by atoms with E-state index in [4.69, 9.17) is 5.26 Å². The fraction of sp³-hybridized carbons (Fsp3) is 0.130. The maximum atomic E-state index is 13.3. The Hall–Kier alpha value is -4.83. The lowest BCUT2D eigenvalue weighted by Crippen LogP contribution is -2.25. The van der Waals surface area contributed by atoms with Crippen LogP contribution in [0.4, 0.5) is 11.4 Å². The van der Waals surface area contributed by atoms with E-state index in [9.17, 15) is 18.5 Å². The lowest BCUT2D eigenvalue weighted by atomic mass is 10.1. The molecule has 0 radical (unpaired) electrons. The number of hydrogen-bond donors (Lipinski definition) is 1. The molecule has 12 nitrogen and oxygen atoms in total. The van der Waals surface area contributed by atoms with Gasteiger partial charge in [0.1, 0.15) is 4.90 Å². The number of nitriles is 1. The lowest BCUT2D eigenvalue weighted by molar-refractivity contribution is -0.385. The van der Waals surface area contributed by atoms with Gasteiger partial charge in [-0.3, -0.25) is 15.1 Å². The lowest BCUT2D eigenvalue weighted by Gasteiger charge is -2.22. The second kappa shape index (κ2) is 9.80. The van der Waals surface area contributed by atoms with Gasteiger partial charge in [0, 0.05) is 49.9 Å². The molecule has 4 rings (SSSR count). The number of nitro groups is 1. The SMILES string of the molecule is CC(=NNS(=O)(=O)c1cc([N+](=O)[O-])ccc1N(C)Cc1ccncc1)c1cnn2ccc(C#N)cc12. The highest BCUT2D eigenvalue weighted by molar-refractivity contribution is 7.89. The van der Waals surface area contributed by atoms with Crippen LogP contribution in [0, 0.1) is 21.4 Å². The zero-order chi connectivity index (χ0) is 25.9. The average molecular weight is 505 g/mol. The number of fused-ring (bicyclic) bond motifs is 1. The van der Waals surface area contributed by atoms with Crippen molar-refractivity contribution in [3.63, 3.8) is 0 Å². The van der Waals surface area contributed by atoms with Crippen LogP contribution >= 0.6 is 0 Å². The van der Waals surface area contributed by atoms with Crippen molar-refractivity contribution >= 4 is 32.6 Å². The summed E-state index contributed by atoms with van der Waals surface area (Å²) < 4.78 is 28.1. The van der Waals surface area contributed by atoms with E-state index in [1.165, 1.54) is 22.8 Å². The van der Waals surface area contributed by atoms with Crippen LogP contribution in [-0.2, 0) is 16.6 Å². The second-order valence-corrected chi connectivity index (χ2v) is 9.46. The van der Waals surface area contributed by atoms with E-state index >= 15 is 0 Å². The maximum Gasteiger partial charge on any atom is 0.278 e. The molecule has 0 bridgehead atoms. The molecular formula is C23H20N8O4S. The van der Waals surface area contributed by atoms with E-state index in [-0.39, 0.29) is 16.3 Å². The molecule has 182 valence electrons. The molecule has 0 fully saturated rings. The molecule has 0 unspecified atom stereocenters. The van der Waals surface area contributed by atoms with Crippen LogP contribution in [0.15, 0.2) is 77.2 Å². The normalized spacial score (nSPS) is 11.8. The van der Waals surface area contributed by atoms with Crippen LogP contribution in [0.25, 0.3) is 5.52 Å². The minimum absolute atomic E-state index is 0.257. The summed E-state index contributed by atoms with van der Waals surface area (Å²) in [7, 11) is -2.63. The molecule has 0 aliphatic carbocycles. The number of nitrogens with zero attached hydrogens (tertiary/aromatic N) is 7. The molecule has 0 aliphatic heterocycles. The van der Waals surface area contributed by atoms with Crippen molar-refractivity contribution in [1.82, 2.24) is 19.4 Å². The average Bonchev–Trinajstić information content (AvgIpc) is 3.30. The van der Waals surface area contributed by atoms with Gasteiger partial charge in [0.15, 0.2) is 0 Å². The predicted octanol–water partition coefficient (Wildman–Crippen LogP) is 2.85. The maximum absolute atomic E-state index is 13.3. The quantitative estimate of drug-likeness (QED) is 0.218. The minimum atomic E-state index is -4.31. The molecule has 1 aromatic carbocycles. The molecule has 0 atom stereocenters. The first-order valence-corrected chi connectivity index (χ1v) is 12.0. The Kier molecular flexibility index (Phi) is 6.62. The summed E-state index contributed by atoms with van der Waals surface area (Å²) >= 11 is 0. The van der Waals surface area contributed by atoms with E-state index in [1.54, 1.807) is 61.7 Å². The number of non-ortho nitro benzene ring substituents is 1. The number of hydrazone groups is 1. The van der Waals surface area contributed by atoms with Crippen LogP contribution in [-0.4, -0.2) is 40.7 Å². The Balaban J connectivity index is 1.69. The number of sulfonamides is 1. The van der Waals surface area contributed by atoms with E-state index in [1.807, 2.05) is 6.07 Å². The molecule has 4 aromatic rings. The van der Waals surface area contributed by atoms with Gasteiger partial charge in [0.25, 0.3) is 15.7 Å². The van der Waals surface area contributed by atoms with Gasteiger partial charge in [0.05, 0.1) is 39.7 Å². The van der Waals surface area contributed by atoms with Gasteiger partial charge in [-0.05, 0) is 42.8 Å². The van der Waals surface area contributed by atoms with Gasteiger partial charge in [-0.2, -0.15) is 28.7 Å². The number of pyridine rings is 2. The Morgan fingerprint density at radius 1 is 1.25 bits per heavy atom. The fourth-order valence-corrected chi connectivity index (χ4v) is 4.69. The molecule has 0 aliphatic rings. The van der Waals surface area contributed by atoms with Crippen LogP contribution in [0.3, 0.4) is 0 Å². The van der Waals surface area contributed by atoms with Gasteiger partial charge in [-0.25, -0.2) is 4.52 Å². The summed E-state index contributed by atoms with van der Waals surface area (Å²) in [6, 6.07) is 12.5. The van der Waals surface area contributed by atoms with E-state index in [0.717, 1.165) is 11.6 Å². The number of nitro benzene ring substituents is 1. The van der Waals surface area contributed by atoms with Crippen LogP contribution in [0.2, 0.25) is 0 Å². The number of hydrogen-bond acceptors (Lipinski definition) is 9. The van der Waals surface area contributed by atoms with Gasteiger partial charge in [0.2, 0.25) is 0 Å². The standard InChI is InChI=1S/C23H20N8O4S/c1-16(20-14-26-30-10-7-18(13-24)11-22(20)30)27-28-36(34,35)23-12-19(31(32)33)3-4-21(23)29(2)15-17-5-8-25-9-6-17/h3-12,14,28H,15H2,1-2H3. The number of anilines is 1. The molecule has 3 heterocycles. The smallest absolute Gasteiger partial charge is 0.278 e. The van der Waals surface area contributed by atoms with Crippen molar-refractivity contribution < 1.29 is 13.3 Å². The first kappa shape index (κ1) is 24.3. The van der Waals surface area contributed by atoms with Crippen molar-refractivity contribution in [1.29, 1.82) is 5.26 Å². The summed E-state index contributed by atoms with van der Waals surface area (Å²) in [5.74, 6) is 0. The Labute approximate surface area is 206 Å². The molecule has 0 amide bonds. The molecule has 0 saturated heterocycles. The summed E-state index contributed by atoms with van der Waals surface area (Å²) in [5.41, 5.74) is 2.56. The summed E-state index contributed by atoms with van der Waals surface area (Å²) in [6.07, 6.45) is 6.36. The van der Waals surface area contributed by atoms with Crippen LogP contribution < -0.4 is 9.73 Å². The number of aromatic nitrogens is 3. The van der Waals surface area contributed by atoms with Crippen LogP contribution in [0.5, 0.6) is 0 Å².